The third-order valence-corrected chi connectivity index (χ3v) is 15.8. The number of phosphoric ester groups is 1. The van der Waals surface area contributed by atoms with E-state index in [-0.39, 0.29) is 32.0 Å². The molecule has 0 rings (SSSR count). The van der Waals surface area contributed by atoms with Crippen LogP contribution in [-0.4, -0.2) is 70.0 Å². The van der Waals surface area contributed by atoms with E-state index in [4.69, 9.17) is 18.5 Å². The van der Waals surface area contributed by atoms with Crippen LogP contribution in [0.1, 0.15) is 341 Å². The summed E-state index contributed by atoms with van der Waals surface area (Å²) in [7, 11) is 1.19. The number of nitrogens with zero attached hydrogens (tertiary/aromatic N) is 1. The number of rotatable bonds is 61. The number of hydrogen-bond acceptors (Lipinski definition) is 8. The molecule has 0 spiro atoms. The number of carbonyl (C=O) groups excluding carboxylic acids is 2. The third kappa shape index (κ3) is 60.1. The molecule has 73 heavy (non-hydrogen) atoms. The summed E-state index contributed by atoms with van der Waals surface area (Å²) in [5.41, 5.74) is 0. The average Bonchev–Trinajstić information content (AvgIpc) is 3.35. The van der Waals surface area contributed by atoms with Crippen LogP contribution < -0.4 is 4.89 Å². The van der Waals surface area contributed by atoms with Gasteiger partial charge in [0.2, 0.25) is 0 Å². The summed E-state index contributed by atoms with van der Waals surface area (Å²) in [5, 5.41) is 0. The Hall–Kier alpha value is -0.990. The van der Waals surface area contributed by atoms with Gasteiger partial charge in [-0.15, -0.1) is 0 Å². The van der Waals surface area contributed by atoms with Gasteiger partial charge in [-0.3, -0.25) is 14.2 Å². The Kier molecular flexibility index (Phi) is 55.0. The van der Waals surface area contributed by atoms with Gasteiger partial charge in [-0.05, 0) is 12.8 Å². The Morgan fingerprint density at radius 1 is 0.370 bits per heavy atom. The van der Waals surface area contributed by atoms with Crippen LogP contribution >= 0.6 is 7.82 Å². The average molecular weight is 1060 g/mol. The van der Waals surface area contributed by atoms with Gasteiger partial charge in [0.05, 0.1) is 27.7 Å². The van der Waals surface area contributed by atoms with Crippen molar-refractivity contribution in [3.8, 4) is 0 Å². The fourth-order valence-corrected chi connectivity index (χ4v) is 10.6. The smallest absolute Gasteiger partial charge is 0.306 e. The van der Waals surface area contributed by atoms with E-state index >= 15 is 0 Å². The molecule has 0 aromatic heterocycles. The highest BCUT2D eigenvalue weighted by Crippen LogP contribution is 2.38. The molecule has 0 N–H and O–H groups in total. The lowest BCUT2D eigenvalue weighted by Crippen LogP contribution is -2.37. The molecule has 0 radical (unpaired) electrons. The maximum absolute atomic E-state index is 12.8. The zero-order valence-corrected chi connectivity index (χ0v) is 50.5. The van der Waals surface area contributed by atoms with Crippen LogP contribution in [0.4, 0.5) is 0 Å². The maximum atomic E-state index is 12.8. The highest BCUT2D eigenvalue weighted by atomic mass is 31.2. The Morgan fingerprint density at radius 3 is 0.877 bits per heavy atom. The Morgan fingerprint density at radius 2 is 0.616 bits per heavy atom. The summed E-state index contributed by atoms with van der Waals surface area (Å²) < 4.78 is 34.3. The lowest BCUT2D eigenvalue weighted by atomic mass is 10.0. The molecule has 9 nitrogen and oxygen atoms in total. The van der Waals surface area contributed by atoms with E-state index in [1.165, 1.54) is 276 Å². The van der Waals surface area contributed by atoms with Crippen molar-refractivity contribution >= 4 is 19.8 Å². The molecule has 0 amide bonds. The van der Waals surface area contributed by atoms with Crippen molar-refractivity contribution in [1.29, 1.82) is 0 Å². The number of quaternary nitrogens is 1. The van der Waals surface area contributed by atoms with Crippen LogP contribution in [0.5, 0.6) is 0 Å². The SMILES string of the molecule is CCCCCCCCCCCCCCCCCCCCCCCCCCCCCC(=O)OC(COC(=O)CCCCCCCCCCCCCCCCCCCCCCCC)COP(=O)([O-])OCC[N+](C)(C)C. The summed E-state index contributed by atoms with van der Waals surface area (Å²) in [5.74, 6) is -0.806. The number of ether oxygens (including phenoxy) is 2. The standard InChI is InChI=1S/C63H126NO8P/c1-6-8-10-12-14-16-18-20-22-24-26-28-30-31-32-33-34-36-38-40-42-44-46-48-50-52-54-56-63(66)72-61(60-71-73(67,68)70-58-57-64(3,4)5)59-69-62(65)55-53-51-49-47-45-43-41-39-37-35-29-27-25-23-21-19-17-15-13-11-9-7-2/h61H,6-60H2,1-5H3. The first-order valence-corrected chi connectivity index (χ1v) is 33.7. The maximum Gasteiger partial charge on any atom is 0.306 e. The minimum atomic E-state index is -4.63. The molecule has 2 atom stereocenters. The topological polar surface area (TPSA) is 111 Å². The van der Waals surface area contributed by atoms with Crippen LogP contribution in [-0.2, 0) is 32.7 Å². The number of carbonyl (C=O) groups is 2. The van der Waals surface area contributed by atoms with Gasteiger partial charge in [-0.1, -0.05) is 316 Å². The predicted octanol–water partition coefficient (Wildman–Crippen LogP) is 19.6. The highest BCUT2D eigenvalue weighted by molar-refractivity contribution is 7.45. The molecule has 0 aromatic carbocycles. The largest absolute Gasteiger partial charge is 0.756 e. The second-order valence-corrected chi connectivity index (χ2v) is 24.9. The second-order valence-electron chi connectivity index (χ2n) is 23.5. The molecule has 0 fully saturated rings. The van der Waals surface area contributed by atoms with Crippen molar-refractivity contribution in [2.75, 3.05) is 47.5 Å². The van der Waals surface area contributed by atoms with Gasteiger partial charge in [0, 0.05) is 12.8 Å². The Balaban J connectivity index is 4.03. The number of esters is 2. The van der Waals surface area contributed by atoms with E-state index in [1.54, 1.807) is 0 Å². The minimum absolute atomic E-state index is 0.0249. The molecule has 0 aliphatic rings. The summed E-state index contributed by atoms with van der Waals surface area (Å²) >= 11 is 0. The number of hydrogen-bond donors (Lipinski definition) is 0. The fourth-order valence-electron chi connectivity index (χ4n) is 9.90. The zero-order valence-electron chi connectivity index (χ0n) is 49.6. The molecule has 2 unspecified atom stereocenters. The van der Waals surface area contributed by atoms with Gasteiger partial charge < -0.3 is 27.9 Å². The molecule has 0 aliphatic carbocycles. The minimum Gasteiger partial charge on any atom is -0.756 e. The third-order valence-electron chi connectivity index (χ3n) is 14.9. The Bertz CT molecular complexity index is 1200. The summed E-state index contributed by atoms with van der Waals surface area (Å²) in [6.45, 7) is 4.33. The molecule has 0 aliphatic heterocycles. The van der Waals surface area contributed by atoms with Crippen LogP contribution in [0.15, 0.2) is 0 Å². The van der Waals surface area contributed by atoms with Crippen molar-refractivity contribution in [2.24, 2.45) is 0 Å². The van der Waals surface area contributed by atoms with Gasteiger partial charge >= 0.3 is 11.9 Å². The molecule has 10 heteroatoms. The van der Waals surface area contributed by atoms with Gasteiger partial charge in [-0.2, -0.15) is 0 Å². The summed E-state index contributed by atoms with van der Waals surface area (Å²) in [4.78, 5) is 38.0. The summed E-state index contributed by atoms with van der Waals surface area (Å²) in [6, 6.07) is 0. The van der Waals surface area contributed by atoms with E-state index in [0.717, 1.165) is 32.1 Å². The van der Waals surface area contributed by atoms with Crippen LogP contribution in [0.2, 0.25) is 0 Å². The molecule has 0 saturated carbocycles. The number of unbranched alkanes of at least 4 members (excludes halogenated alkanes) is 47. The molecular weight excluding hydrogens is 930 g/mol. The van der Waals surface area contributed by atoms with Crippen molar-refractivity contribution in [3.63, 3.8) is 0 Å². The van der Waals surface area contributed by atoms with E-state index in [1.807, 2.05) is 21.1 Å². The number of phosphoric acid groups is 1. The number of likely N-dealkylation sites (N-methyl/N-ethyl adjacent to an activating group) is 1. The lowest BCUT2D eigenvalue weighted by Gasteiger charge is -2.28. The molecule has 0 heterocycles. The van der Waals surface area contributed by atoms with Crippen molar-refractivity contribution in [2.45, 2.75) is 347 Å². The monoisotopic (exact) mass is 1060 g/mol. The van der Waals surface area contributed by atoms with E-state index < -0.39 is 26.5 Å². The Labute approximate surface area is 454 Å². The lowest BCUT2D eigenvalue weighted by molar-refractivity contribution is -0.870. The van der Waals surface area contributed by atoms with Gasteiger partial charge in [0.25, 0.3) is 7.82 Å². The first kappa shape index (κ1) is 72.0. The van der Waals surface area contributed by atoms with Crippen LogP contribution in [0.25, 0.3) is 0 Å². The first-order chi connectivity index (χ1) is 35.5. The quantitative estimate of drug-likeness (QED) is 0.0256. The first-order valence-electron chi connectivity index (χ1n) is 32.2. The second kappa shape index (κ2) is 55.8. The van der Waals surface area contributed by atoms with E-state index in [9.17, 15) is 19.0 Å². The fraction of sp³-hybridized carbons (Fsp3) is 0.968. The molecule has 436 valence electrons. The van der Waals surface area contributed by atoms with Crippen LogP contribution in [0.3, 0.4) is 0 Å². The highest BCUT2D eigenvalue weighted by Gasteiger charge is 2.22. The normalized spacial score (nSPS) is 13.1. The van der Waals surface area contributed by atoms with Crippen molar-refractivity contribution in [3.05, 3.63) is 0 Å². The van der Waals surface area contributed by atoms with E-state index in [2.05, 4.69) is 13.8 Å². The van der Waals surface area contributed by atoms with Crippen LogP contribution in [0, 0.1) is 0 Å². The predicted molar refractivity (Wildman–Crippen MR) is 310 cm³/mol. The van der Waals surface area contributed by atoms with Gasteiger partial charge in [0.15, 0.2) is 6.10 Å². The molecular formula is C63H126NO8P. The van der Waals surface area contributed by atoms with Crippen molar-refractivity contribution < 1.29 is 42.1 Å². The van der Waals surface area contributed by atoms with E-state index in [0.29, 0.717) is 17.4 Å². The van der Waals surface area contributed by atoms with Gasteiger partial charge in [0.1, 0.15) is 19.8 Å². The zero-order chi connectivity index (χ0) is 53.5. The molecule has 0 aromatic rings. The molecule has 0 bridgehead atoms. The molecule has 0 saturated heterocycles. The van der Waals surface area contributed by atoms with Gasteiger partial charge in [-0.25, -0.2) is 0 Å². The summed E-state index contributed by atoms with van der Waals surface area (Å²) in [6.07, 6.45) is 64.5. The van der Waals surface area contributed by atoms with Crippen molar-refractivity contribution in [1.82, 2.24) is 0 Å².